The Labute approximate surface area is 139 Å². The van der Waals surface area contributed by atoms with Crippen molar-refractivity contribution in [3.8, 4) is 22.9 Å². The van der Waals surface area contributed by atoms with Crippen LogP contribution in [0.15, 0.2) is 28.8 Å². The molecule has 0 aliphatic heterocycles. The Kier molecular flexibility index (Phi) is 4.09. The summed E-state index contributed by atoms with van der Waals surface area (Å²) in [6.07, 6.45) is 0. The number of aromatic amines is 1. The van der Waals surface area contributed by atoms with Crippen LogP contribution in [0.3, 0.4) is 0 Å². The molecule has 5 nitrogen and oxygen atoms in total. The smallest absolute Gasteiger partial charge is 0.139 e. The van der Waals surface area contributed by atoms with Crippen LogP contribution in [0.2, 0.25) is 0 Å². The normalized spacial score (nSPS) is 11.2. The largest absolute Gasteiger partial charge is 0.497 e. The topological polar surface area (TPSA) is 60.3 Å². The van der Waals surface area contributed by atoms with Gasteiger partial charge < -0.3 is 19.0 Å². The third kappa shape index (κ3) is 2.82. The van der Waals surface area contributed by atoms with Crippen molar-refractivity contribution < 1.29 is 14.0 Å². The Bertz CT molecular complexity index is 912. The SMILES string of the molecule is COc1cc(OC)c2c(=S)cc(-c3cc(C(C)C)on3)[nH]c2c1. The number of hydrogen-bond donors (Lipinski definition) is 1. The fraction of sp³-hybridized carbons (Fsp3) is 0.294. The molecule has 1 aromatic carbocycles. The molecule has 0 fully saturated rings. The summed E-state index contributed by atoms with van der Waals surface area (Å²) >= 11 is 5.53. The second-order valence-corrected chi connectivity index (χ2v) is 6.01. The van der Waals surface area contributed by atoms with Crippen LogP contribution >= 0.6 is 12.2 Å². The Hall–Kier alpha value is -2.34. The summed E-state index contributed by atoms with van der Waals surface area (Å²) in [5.41, 5.74) is 2.36. The lowest BCUT2D eigenvalue weighted by atomic mass is 10.1. The van der Waals surface area contributed by atoms with E-state index in [1.807, 2.05) is 24.3 Å². The summed E-state index contributed by atoms with van der Waals surface area (Å²) in [5, 5.41) is 4.97. The molecule has 0 saturated heterocycles. The fourth-order valence-electron chi connectivity index (χ4n) is 2.43. The minimum absolute atomic E-state index is 0.278. The number of fused-ring (bicyclic) bond motifs is 1. The van der Waals surface area contributed by atoms with Crippen LogP contribution in [0.25, 0.3) is 22.3 Å². The van der Waals surface area contributed by atoms with Crippen LogP contribution < -0.4 is 9.47 Å². The van der Waals surface area contributed by atoms with Crippen molar-refractivity contribution in [3.63, 3.8) is 0 Å². The molecule has 0 aliphatic rings. The van der Waals surface area contributed by atoms with Gasteiger partial charge in [-0.1, -0.05) is 31.2 Å². The van der Waals surface area contributed by atoms with Crippen molar-refractivity contribution >= 4 is 23.1 Å². The second-order valence-electron chi connectivity index (χ2n) is 5.57. The van der Waals surface area contributed by atoms with E-state index in [0.717, 1.165) is 28.1 Å². The first-order valence-electron chi connectivity index (χ1n) is 7.29. The third-order valence-electron chi connectivity index (χ3n) is 3.70. The van der Waals surface area contributed by atoms with Crippen LogP contribution in [0.4, 0.5) is 0 Å². The molecule has 0 spiro atoms. The van der Waals surface area contributed by atoms with Crippen LogP contribution in [-0.2, 0) is 0 Å². The van der Waals surface area contributed by atoms with Gasteiger partial charge in [0.25, 0.3) is 0 Å². The first-order chi connectivity index (χ1) is 11.0. The average Bonchev–Trinajstić information content (AvgIpc) is 3.03. The van der Waals surface area contributed by atoms with Crippen molar-refractivity contribution in [1.29, 1.82) is 0 Å². The Morgan fingerprint density at radius 1 is 1.13 bits per heavy atom. The van der Waals surface area contributed by atoms with E-state index >= 15 is 0 Å². The summed E-state index contributed by atoms with van der Waals surface area (Å²) in [7, 11) is 3.23. The Balaban J connectivity index is 2.22. The molecule has 0 saturated carbocycles. The van der Waals surface area contributed by atoms with Crippen molar-refractivity contribution in [2.45, 2.75) is 19.8 Å². The number of rotatable bonds is 4. The number of aromatic nitrogens is 2. The van der Waals surface area contributed by atoms with E-state index < -0.39 is 0 Å². The molecule has 0 atom stereocenters. The van der Waals surface area contributed by atoms with Gasteiger partial charge in [0.1, 0.15) is 23.0 Å². The summed E-state index contributed by atoms with van der Waals surface area (Å²) in [6, 6.07) is 7.50. The monoisotopic (exact) mass is 330 g/mol. The van der Waals surface area contributed by atoms with Crippen molar-refractivity contribution in [2.75, 3.05) is 14.2 Å². The number of H-pyrrole nitrogens is 1. The number of methoxy groups -OCH3 is 2. The maximum atomic E-state index is 5.53. The number of hydrogen-bond acceptors (Lipinski definition) is 5. The van der Waals surface area contributed by atoms with Crippen LogP contribution in [0, 0.1) is 4.51 Å². The van der Waals surface area contributed by atoms with Gasteiger partial charge in [0.15, 0.2) is 0 Å². The highest BCUT2D eigenvalue weighted by molar-refractivity contribution is 7.71. The number of ether oxygens (including phenoxy) is 2. The van der Waals surface area contributed by atoms with Gasteiger partial charge in [-0.2, -0.15) is 0 Å². The minimum atomic E-state index is 0.278. The van der Waals surface area contributed by atoms with E-state index in [0.29, 0.717) is 16.0 Å². The number of nitrogens with zero attached hydrogens (tertiary/aromatic N) is 1. The van der Waals surface area contributed by atoms with Crippen LogP contribution in [-0.4, -0.2) is 24.4 Å². The maximum absolute atomic E-state index is 5.53. The molecule has 23 heavy (non-hydrogen) atoms. The van der Waals surface area contributed by atoms with Crippen molar-refractivity contribution in [1.82, 2.24) is 10.1 Å². The predicted molar refractivity (Wildman–Crippen MR) is 91.8 cm³/mol. The molecule has 0 radical (unpaired) electrons. The average molecular weight is 330 g/mol. The lowest BCUT2D eigenvalue weighted by Gasteiger charge is -2.10. The lowest BCUT2D eigenvalue weighted by molar-refractivity contribution is 0.373. The highest BCUT2D eigenvalue weighted by Gasteiger charge is 2.13. The van der Waals surface area contributed by atoms with E-state index in [1.165, 1.54) is 0 Å². The molecule has 120 valence electrons. The van der Waals surface area contributed by atoms with Crippen LogP contribution in [0.1, 0.15) is 25.5 Å². The van der Waals surface area contributed by atoms with Crippen molar-refractivity contribution in [2.24, 2.45) is 0 Å². The number of benzene rings is 1. The summed E-state index contributed by atoms with van der Waals surface area (Å²) in [6.45, 7) is 4.12. The molecule has 0 unspecified atom stereocenters. The number of pyridine rings is 1. The van der Waals surface area contributed by atoms with Crippen molar-refractivity contribution in [3.05, 3.63) is 34.5 Å². The molecule has 0 bridgehead atoms. The van der Waals surface area contributed by atoms with Crippen LogP contribution in [0.5, 0.6) is 11.5 Å². The van der Waals surface area contributed by atoms with E-state index in [9.17, 15) is 0 Å². The quantitative estimate of drug-likeness (QED) is 0.703. The lowest BCUT2D eigenvalue weighted by Crippen LogP contribution is -1.93. The molecule has 0 aliphatic carbocycles. The van der Waals surface area contributed by atoms with Gasteiger partial charge in [0.2, 0.25) is 0 Å². The molecular formula is C17H18N2O3S. The van der Waals surface area contributed by atoms with Gasteiger partial charge in [-0.3, -0.25) is 0 Å². The highest BCUT2D eigenvalue weighted by Crippen LogP contribution is 2.33. The zero-order valence-corrected chi connectivity index (χ0v) is 14.3. The maximum Gasteiger partial charge on any atom is 0.139 e. The summed E-state index contributed by atoms with van der Waals surface area (Å²) in [4.78, 5) is 3.34. The van der Waals surface area contributed by atoms with E-state index in [1.54, 1.807) is 14.2 Å². The zero-order valence-electron chi connectivity index (χ0n) is 13.5. The van der Waals surface area contributed by atoms with Gasteiger partial charge in [-0.25, -0.2) is 0 Å². The fourth-order valence-corrected chi connectivity index (χ4v) is 2.76. The highest BCUT2D eigenvalue weighted by atomic mass is 32.1. The van der Waals surface area contributed by atoms with Gasteiger partial charge in [0, 0.05) is 24.1 Å². The molecule has 0 amide bonds. The molecule has 1 N–H and O–H groups in total. The van der Waals surface area contributed by atoms with Gasteiger partial charge in [0.05, 0.1) is 35.3 Å². The summed E-state index contributed by atoms with van der Waals surface area (Å²) in [5.74, 6) is 2.48. The third-order valence-corrected chi connectivity index (χ3v) is 4.02. The van der Waals surface area contributed by atoms with E-state index in [2.05, 4.69) is 24.0 Å². The first-order valence-corrected chi connectivity index (χ1v) is 7.70. The van der Waals surface area contributed by atoms with Gasteiger partial charge in [-0.05, 0) is 6.07 Å². The Morgan fingerprint density at radius 2 is 1.91 bits per heavy atom. The molecule has 6 heteroatoms. The predicted octanol–water partition coefficient (Wildman–Crippen LogP) is 4.69. The minimum Gasteiger partial charge on any atom is -0.497 e. The second kappa shape index (κ2) is 6.04. The Morgan fingerprint density at radius 3 is 2.52 bits per heavy atom. The van der Waals surface area contributed by atoms with Gasteiger partial charge >= 0.3 is 0 Å². The standard InChI is InChI=1S/C17H18N2O3S/c1-9(2)14-7-12(19-22-14)11-8-16(23)17-13(18-11)5-10(20-3)6-15(17)21-4/h5-9H,1-4H3,(H,18,23). The molecule has 3 aromatic rings. The number of nitrogens with one attached hydrogen (secondary N) is 1. The van der Waals surface area contributed by atoms with Gasteiger partial charge in [-0.15, -0.1) is 0 Å². The molecule has 2 aromatic heterocycles. The van der Waals surface area contributed by atoms with E-state index in [4.69, 9.17) is 26.2 Å². The molecule has 2 heterocycles. The molecular weight excluding hydrogens is 312 g/mol. The first kappa shape index (κ1) is 15.6. The van der Waals surface area contributed by atoms with E-state index in [-0.39, 0.29) is 5.92 Å². The molecule has 3 rings (SSSR count). The summed E-state index contributed by atoms with van der Waals surface area (Å²) < 4.78 is 16.8. The zero-order chi connectivity index (χ0) is 16.6.